The molecule has 2 aliphatic rings. The number of hydrogen-bond acceptors (Lipinski definition) is 13. The van der Waals surface area contributed by atoms with E-state index < -0.39 is 58.8 Å². The van der Waals surface area contributed by atoms with Crippen molar-refractivity contribution in [2.75, 3.05) is 18.1 Å². The zero-order chi connectivity index (χ0) is 25.1. The molecule has 18 nitrogen and oxygen atoms in total. The van der Waals surface area contributed by atoms with E-state index in [9.17, 15) is 33.4 Å². The van der Waals surface area contributed by atoms with E-state index in [1.165, 1.54) is 22.7 Å². The van der Waals surface area contributed by atoms with Crippen LogP contribution in [0.2, 0.25) is 0 Å². The maximum atomic E-state index is 12.1. The summed E-state index contributed by atoms with van der Waals surface area (Å²) < 4.78 is 52.3. The molecule has 34 heavy (non-hydrogen) atoms. The molecule has 0 aromatic carbocycles. The highest BCUT2D eigenvalue weighted by atomic mass is 32.2. The summed E-state index contributed by atoms with van der Waals surface area (Å²) in [7, 11) is -16.7. The number of H-pyrrole nitrogens is 1. The molecular formula is C12H18N5O13P3S. The predicted octanol–water partition coefficient (Wildman–Crippen LogP) is -0.821. The van der Waals surface area contributed by atoms with Crippen LogP contribution in [0.15, 0.2) is 11.1 Å². The number of aromatic nitrogens is 4. The number of nitrogens with one attached hydrogen (secondary N) is 1. The van der Waals surface area contributed by atoms with E-state index in [1.807, 2.05) is 0 Å². The van der Waals surface area contributed by atoms with E-state index >= 15 is 0 Å². The van der Waals surface area contributed by atoms with Gasteiger partial charge in [0.1, 0.15) is 12.2 Å². The number of hydrogen-bond donors (Lipinski definition) is 7. The lowest BCUT2D eigenvalue weighted by Gasteiger charge is -2.43. The molecule has 190 valence electrons. The molecule has 2 aliphatic heterocycles. The molecule has 2 aromatic heterocycles. The van der Waals surface area contributed by atoms with Crippen LogP contribution in [0.25, 0.3) is 11.2 Å². The second-order valence-electron chi connectivity index (χ2n) is 7.19. The van der Waals surface area contributed by atoms with Crippen molar-refractivity contribution in [3.63, 3.8) is 0 Å². The number of imidazole rings is 1. The number of anilines is 1. The lowest BCUT2D eigenvalue weighted by atomic mass is 9.94. The van der Waals surface area contributed by atoms with Gasteiger partial charge in [-0.25, -0.2) is 18.7 Å². The fourth-order valence-corrected chi connectivity index (χ4v) is 7.94. The van der Waals surface area contributed by atoms with Gasteiger partial charge in [-0.05, 0) is 12.2 Å². The summed E-state index contributed by atoms with van der Waals surface area (Å²) in [6.45, 7) is -0.841. The monoisotopic (exact) mass is 565 g/mol. The fraction of sp³-hybridized carbons (Fsp3) is 0.583. The van der Waals surface area contributed by atoms with E-state index in [-0.39, 0.29) is 17.1 Å². The standard InChI is InChI=1S/C12H18N5O13P3S/c13-11-15-8-6(9(19)16-11)14-4-17(8)10-12(1-2-34-12)7(18)5(28-10)3-27-32(23,24)30-33(25,26)29-31(20,21)22/h4-5,7,10,18H,1-3H2,(H,23,24)(H,25,26)(H2,20,21,22)(H3,13,15,16,19)/t5-,7-,10-,12-/m1/s1. The summed E-state index contributed by atoms with van der Waals surface area (Å²) in [5.41, 5.74) is 5.04. The van der Waals surface area contributed by atoms with E-state index in [0.29, 0.717) is 12.2 Å². The van der Waals surface area contributed by atoms with Gasteiger partial charge in [0.25, 0.3) is 5.56 Å². The minimum Gasteiger partial charge on any atom is -0.389 e. The van der Waals surface area contributed by atoms with Gasteiger partial charge in [-0.15, -0.1) is 11.8 Å². The molecule has 4 heterocycles. The Morgan fingerprint density at radius 2 is 1.94 bits per heavy atom. The summed E-state index contributed by atoms with van der Waals surface area (Å²) in [6.07, 6.45) is -1.84. The molecule has 2 unspecified atom stereocenters. The minimum absolute atomic E-state index is 0.0384. The van der Waals surface area contributed by atoms with Crippen LogP contribution in [-0.4, -0.2) is 73.5 Å². The Hall–Kier alpha value is -1.17. The number of phosphoric ester groups is 1. The van der Waals surface area contributed by atoms with Gasteiger partial charge >= 0.3 is 23.5 Å². The van der Waals surface area contributed by atoms with E-state index in [1.54, 1.807) is 0 Å². The summed E-state index contributed by atoms with van der Waals surface area (Å²) in [5.74, 6) is 0.458. The van der Waals surface area contributed by atoms with E-state index in [2.05, 4.69) is 28.1 Å². The topological polar surface area (TPSA) is 279 Å². The lowest BCUT2D eigenvalue weighted by Crippen LogP contribution is -2.50. The molecule has 0 amide bonds. The molecule has 22 heteroatoms. The normalized spacial score (nSPS) is 30.8. The minimum atomic E-state index is -5.69. The maximum absolute atomic E-state index is 12.1. The lowest BCUT2D eigenvalue weighted by molar-refractivity contribution is -0.0435. The number of rotatable bonds is 8. The second kappa shape index (κ2) is 8.74. The number of aliphatic hydroxyl groups excluding tert-OH is 1. The molecule has 0 saturated carbocycles. The fourth-order valence-electron chi connectivity index (χ4n) is 3.60. The van der Waals surface area contributed by atoms with Crippen molar-refractivity contribution in [3.05, 3.63) is 16.7 Å². The van der Waals surface area contributed by atoms with Gasteiger partial charge in [0.2, 0.25) is 5.95 Å². The molecule has 1 spiro atoms. The van der Waals surface area contributed by atoms with Crippen LogP contribution in [0.3, 0.4) is 0 Å². The number of ether oxygens (including phenoxy) is 1. The Kier molecular flexibility index (Phi) is 6.66. The van der Waals surface area contributed by atoms with Crippen molar-refractivity contribution in [1.29, 1.82) is 0 Å². The number of aromatic amines is 1. The molecule has 2 aromatic rings. The zero-order valence-corrected chi connectivity index (χ0v) is 20.1. The predicted molar refractivity (Wildman–Crippen MR) is 112 cm³/mol. The van der Waals surface area contributed by atoms with Crippen LogP contribution in [0.4, 0.5) is 5.95 Å². The van der Waals surface area contributed by atoms with Crippen LogP contribution in [0.1, 0.15) is 12.6 Å². The van der Waals surface area contributed by atoms with E-state index in [4.69, 9.17) is 20.3 Å². The van der Waals surface area contributed by atoms with Gasteiger partial charge in [0.15, 0.2) is 17.4 Å². The summed E-state index contributed by atoms with van der Waals surface area (Å²) in [6, 6.07) is 0. The van der Waals surface area contributed by atoms with Crippen molar-refractivity contribution in [1.82, 2.24) is 19.5 Å². The molecule has 2 saturated heterocycles. The third kappa shape index (κ3) is 5.03. The second-order valence-corrected chi connectivity index (χ2v) is 13.1. The number of aliphatic hydroxyl groups is 1. The molecule has 6 atom stereocenters. The largest absolute Gasteiger partial charge is 0.490 e. The smallest absolute Gasteiger partial charge is 0.389 e. The van der Waals surface area contributed by atoms with Gasteiger partial charge in [-0.1, -0.05) is 0 Å². The van der Waals surface area contributed by atoms with Crippen LogP contribution in [-0.2, 0) is 31.6 Å². The highest BCUT2D eigenvalue weighted by Crippen LogP contribution is 2.66. The van der Waals surface area contributed by atoms with E-state index in [0.717, 1.165) is 0 Å². The van der Waals surface area contributed by atoms with Crippen LogP contribution >= 0.6 is 35.2 Å². The van der Waals surface area contributed by atoms with Gasteiger partial charge in [-0.2, -0.15) is 13.6 Å². The molecule has 0 aliphatic carbocycles. The average molecular weight is 565 g/mol. The number of fused-ring (bicyclic) bond motifs is 1. The van der Waals surface area contributed by atoms with Crippen molar-refractivity contribution in [3.8, 4) is 0 Å². The van der Waals surface area contributed by atoms with Crippen LogP contribution in [0, 0.1) is 0 Å². The third-order valence-electron chi connectivity index (χ3n) is 4.96. The Morgan fingerprint density at radius 3 is 2.53 bits per heavy atom. The Bertz CT molecular complexity index is 1310. The van der Waals surface area contributed by atoms with Gasteiger partial charge in [0.05, 0.1) is 17.7 Å². The first-order chi connectivity index (χ1) is 15.6. The molecule has 2 fully saturated rings. The highest BCUT2D eigenvalue weighted by molar-refractivity contribution is 8.02. The number of nitrogens with two attached hydrogens (primary N) is 1. The number of thioether (sulfide) groups is 1. The molecule has 0 bridgehead atoms. The summed E-state index contributed by atoms with van der Waals surface area (Å²) in [4.78, 5) is 58.5. The van der Waals surface area contributed by atoms with Crippen LogP contribution in [0.5, 0.6) is 0 Å². The number of nitrogens with zero attached hydrogens (tertiary/aromatic N) is 3. The Balaban J connectivity index is 1.53. The van der Waals surface area contributed by atoms with Gasteiger partial charge in [0, 0.05) is 0 Å². The first-order valence-electron chi connectivity index (χ1n) is 9.11. The number of nitrogen functional groups attached to an aromatic ring is 1. The molecule has 0 radical (unpaired) electrons. The Morgan fingerprint density at radius 1 is 1.26 bits per heavy atom. The van der Waals surface area contributed by atoms with Crippen molar-refractivity contribution in [2.45, 2.75) is 29.6 Å². The summed E-state index contributed by atoms with van der Waals surface area (Å²) >= 11 is 1.32. The first-order valence-corrected chi connectivity index (χ1v) is 14.6. The Labute approximate surface area is 192 Å². The molecule has 4 rings (SSSR count). The van der Waals surface area contributed by atoms with Gasteiger partial charge < -0.3 is 35.2 Å². The van der Waals surface area contributed by atoms with Crippen LogP contribution < -0.4 is 11.3 Å². The van der Waals surface area contributed by atoms with Gasteiger partial charge in [-0.3, -0.25) is 18.9 Å². The molecule has 8 N–H and O–H groups in total. The average Bonchev–Trinajstić information content (AvgIpc) is 3.15. The maximum Gasteiger partial charge on any atom is 0.490 e. The van der Waals surface area contributed by atoms with Crippen molar-refractivity contribution < 1.29 is 56.3 Å². The third-order valence-corrected chi connectivity index (χ3v) is 10.4. The van der Waals surface area contributed by atoms with Crippen molar-refractivity contribution in [2.24, 2.45) is 0 Å². The first kappa shape index (κ1) is 25.9. The SMILES string of the molecule is Nc1nc2c(ncn2[C@@H]2O[C@H](COP(=O)(O)OP(=O)(O)OP(=O)(O)O)[C@@H](O)[C@]23CCS3)c(=O)[nH]1. The zero-order valence-electron chi connectivity index (χ0n) is 16.6. The quantitative estimate of drug-likeness (QED) is 0.192. The number of phosphoric acid groups is 3. The summed E-state index contributed by atoms with van der Waals surface area (Å²) in [5, 5.41) is 10.9. The molecular weight excluding hydrogens is 547 g/mol. The van der Waals surface area contributed by atoms with Crippen molar-refractivity contribution >= 4 is 52.3 Å². The highest BCUT2D eigenvalue weighted by Gasteiger charge is 2.61.